The van der Waals surface area contributed by atoms with Gasteiger partial charge in [-0.1, -0.05) is 152 Å². The van der Waals surface area contributed by atoms with Gasteiger partial charge in [0.1, 0.15) is 0 Å². The molecule has 0 saturated carbocycles. The highest BCUT2D eigenvalue weighted by Crippen LogP contribution is 2.39. The van der Waals surface area contributed by atoms with Gasteiger partial charge in [-0.05, 0) is 41.0 Å². The van der Waals surface area contributed by atoms with Crippen LogP contribution in [-0.2, 0) is 0 Å². The summed E-state index contributed by atoms with van der Waals surface area (Å²) in [5.74, 6) is 1.36. The van der Waals surface area contributed by atoms with Crippen molar-refractivity contribution in [1.29, 1.82) is 5.26 Å². The summed E-state index contributed by atoms with van der Waals surface area (Å²) >= 11 is 0. The van der Waals surface area contributed by atoms with Crippen LogP contribution in [0.25, 0.3) is 89.4 Å². The van der Waals surface area contributed by atoms with Crippen molar-refractivity contribution in [2.75, 3.05) is 0 Å². The van der Waals surface area contributed by atoms with E-state index in [1.165, 1.54) is 0 Å². The zero-order chi connectivity index (χ0) is 34.9. The third-order valence-corrected chi connectivity index (χ3v) is 9.35. The van der Waals surface area contributed by atoms with Crippen LogP contribution in [-0.4, -0.2) is 19.9 Å². The number of aromatic nitrogens is 4. The predicted molar refractivity (Wildman–Crippen MR) is 210 cm³/mol. The number of para-hydroxylation sites is 2. The number of nitrogens with zero attached hydrogens (tertiary/aromatic N) is 5. The SMILES string of the molecule is N#Cc1cccc(-c2cccc(-c3nc(-c4ccccc4)nc4ccccc34)c2)c1-c1ccc(-c2nc(-c3ccccc3)nc3ccccc23)cc1. The van der Waals surface area contributed by atoms with Crippen LogP contribution in [0.2, 0.25) is 0 Å². The Morgan fingerprint density at radius 1 is 0.365 bits per heavy atom. The quantitative estimate of drug-likeness (QED) is 0.177. The lowest BCUT2D eigenvalue weighted by Gasteiger charge is -2.15. The second kappa shape index (κ2) is 13.2. The highest BCUT2D eigenvalue weighted by molar-refractivity contribution is 5.97. The Hall–Kier alpha value is -7.29. The van der Waals surface area contributed by atoms with Crippen molar-refractivity contribution in [3.05, 3.63) is 181 Å². The monoisotopic (exact) mass is 663 g/mol. The van der Waals surface area contributed by atoms with Crippen LogP contribution in [0.1, 0.15) is 5.56 Å². The first kappa shape index (κ1) is 30.7. The van der Waals surface area contributed by atoms with Crippen LogP contribution in [0.3, 0.4) is 0 Å². The summed E-state index contributed by atoms with van der Waals surface area (Å²) in [5, 5.41) is 12.3. The summed E-state index contributed by atoms with van der Waals surface area (Å²) in [6.07, 6.45) is 0. The molecular formula is C47H29N5. The maximum Gasteiger partial charge on any atom is 0.160 e. The first-order valence-corrected chi connectivity index (χ1v) is 17.1. The molecule has 0 aliphatic carbocycles. The molecule has 2 heterocycles. The third kappa shape index (κ3) is 5.65. The highest BCUT2D eigenvalue weighted by atomic mass is 14.9. The molecule has 0 bridgehead atoms. The molecule has 0 amide bonds. The fourth-order valence-electron chi connectivity index (χ4n) is 6.85. The smallest absolute Gasteiger partial charge is 0.160 e. The van der Waals surface area contributed by atoms with Gasteiger partial charge < -0.3 is 0 Å². The van der Waals surface area contributed by atoms with Crippen molar-refractivity contribution >= 4 is 21.8 Å². The topological polar surface area (TPSA) is 75.3 Å². The molecule has 9 aromatic rings. The molecule has 0 spiro atoms. The molecule has 0 aliphatic rings. The van der Waals surface area contributed by atoms with Crippen molar-refractivity contribution in [2.24, 2.45) is 0 Å². The minimum atomic E-state index is 0.605. The minimum absolute atomic E-state index is 0.605. The molecule has 2 aromatic heterocycles. The molecule has 242 valence electrons. The van der Waals surface area contributed by atoms with Crippen molar-refractivity contribution in [3.63, 3.8) is 0 Å². The van der Waals surface area contributed by atoms with Gasteiger partial charge in [0.05, 0.1) is 34.1 Å². The van der Waals surface area contributed by atoms with E-state index in [4.69, 9.17) is 19.9 Å². The van der Waals surface area contributed by atoms with E-state index in [2.05, 4.69) is 72.8 Å². The number of benzene rings is 7. The summed E-state index contributed by atoms with van der Waals surface area (Å²) < 4.78 is 0. The van der Waals surface area contributed by atoms with Gasteiger partial charge in [-0.3, -0.25) is 0 Å². The predicted octanol–water partition coefficient (Wildman–Crippen LogP) is 11.4. The van der Waals surface area contributed by atoms with E-state index < -0.39 is 0 Å². The molecule has 52 heavy (non-hydrogen) atoms. The zero-order valence-electron chi connectivity index (χ0n) is 28.0. The first-order valence-electron chi connectivity index (χ1n) is 17.1. The summed E-state index contributed by atoms with van der Waals surface area (Å²) in [6.45, 7) is 0. The molecule has 9 rings (SSSR count). The number of hydrogen-bond donors (Lipinski definition) is 0. The minimum Gasteiger partial charge on any atom is -0.228 e. The first-order chi connectivity index (χ1) is 25.7. The average Bonchev–Trinajstić information content (AvgIpc) is 3.23. The largest absolute Gasteiger partial charge is 0.228 e. The van der Waals surface area contributed by atoms with Gasteiger partial charge >= 0.3 is 0 Å². The Morgan fingerprint density at radius 2 is 0.846 bits per heavy atom. The van der Waals surface area contributed by atoms with Crippen molar-refractivity contribution in [3.8, 4) is 73.6 Å². The van der Waals surface area contributed by atoms with E-state index in [1.807, 2.05) is 109 Å². The molecule has 0 radical (unpaired) electrons. The van der Waals surface area contributed by atoms with Gasteiger partial charge in [-0.2, -0.15) is 5.26 Å². The average molecular weight is 664 g/mol. The lowest BCUT2D eigenvalue weighted by Crippen LogP contribution is -1.96. The molecule has 0 N–H and O–H groups in total. The third-order valence-electron chi connectivity index (χ3n) is 9.35. The standard InChI is InChI=1S/C47H29N5/c48-30-37-19-12-22-38(35-17-11-18-36(29-35)45-40-21-8-10-24-42(40)50-47(52-45)34-15-5-2-6-16-34)43(37)31-25-27-32(28-26-31)44-39-20-7-9-23-41(39)49-46(51-44)33-13-3-1-4-14-33/h1-29H. The van der Waals surface area contributed by atoms with Gasteiger partial charge in [0, 0.05) is 38.6 Å². The molecule has 5 heteroatoms. The van der Waals surface area contributed by atoms with Crippen molar-refractivity contribution in [1.82, 2.24) is 19.9 Å². The van der Waals surface area contributed by atoms with Gasteiger partial charge in [-0.25, -0.2) is 19.9 Å². The lowest BCUT2D eigenvalue weighted by molar-refractivity contribution is 1.23. The van der Waals surface area contributed by atoms with E-state index >= 15 is 0 Å². The second-order valence-electron chi connectivity index (χ2n) is 12.6. The molecule has 0 aliphatic heterocycles. The Bertz CT molecular complexity index is 2790. The van der Waals surface area contributed by atoms with Crippen molar-refractivity contribution in [2.45, 2.75) is 0 Å². The summed E-state index contributed by atoms with van der Waals surface area (Å²) in [7, 11) is 0. The van der Waals surface area contributed by atoms with Gasteiger partial charge in [0.25, 0.3) is 0 Å². The maximum absolute atomic E-state index is 10.3. The fourth-order valence-corrected chi connectivity index (χ4v) is 6.85. The number of hydrogen-bond acceptors (Lipinski definition) is 5. The van der Waals surface area contributed by atoms with Gasteiger partial charge in [0.15, 0.2) is 11.6 Å². The lowest BCUT2D eigenvalue weighted by atomic mass is 9.89. The van der Waals surface area contributed by atoms with Crippen LogP contribution in [0.5, 0.6) is 0 Å². The normalized spacial score (nSPS) is 11.1. The molecule has 0 fully saturated rings. The maximum atomic E-state index is 10.3. The van der Waals surface area contributed by atoms with E-state index in [-0.39, 0.29) is 0 Å². The Labute approximate surface area is 301 Å². The zero-order valence-corrected chi connectivity index (χ0v) is 28.0. The van der Waals surface area contributed by atoms with Crippen molar-refractivity contribution < 1.29 is 0 Å². The van der Waals surface area contributed by atoms with Crippen LogP contribution in [0.15, 0.2) is 176 Å². The summed E-state index contributed by atoms with van der Waals surface area (Å²) in [5.41, 5.74) is 11.8. The van der Waals surface area contributed by atoms with E-state index in [0.29, 0.717) is 17.2 Å². The molecule has 0 saturated heterocycles. The Kier molecular flexibility index (Phi) is 7.81. The molecule has 5 nitrogen and oxygen atoms in total. The summed E-state index contributed by atoms with van der Waals surface area (Å²) in [6, 6.07) is 61.5. The molecule has 0 atom stereocenters. The molecule has 0 unspecified atom stereocenters. The van der Waals surface area contributed by atoms with Crippen LogP contribution in [0, 0.1) is 11.3 Å². The second-order valence-corrected chi connectivity index (χ2v) is 12.6. The molecule has 7 aromatic carbocycles. The Balaban J connectivity index is 1.15. The van der Waals surface area contributed by atoms with E-state index in [0.717, 1.165) is 77.7 Å². The van der Waals surface area contributed by atoms with Crippen LogP contribution in [0.4, 0.5) is 0 Å². The number of rotatable bonds is 6. The highest BCUT2D eigenvalue weighted by Gasteiger charge is 2.17. The van der Waals surface area contributed by atoms with E-state index in [1.54, 1.807) is 0 Å². The Morgan fingerprint density at radius 3 is 1.44 bits per heavy atom. The fraction of sp³-hybridized carbons (Fsp3) is 0. The number of fused-ring (bicyclic) bond motifs is 2. The summed E-state index contributed by atoms with van der Waals surface area (Å²) in [4.78, 5) is 19.9. The molecular weight excluding hydrogens is 635 g/mol. The van der Waals surface area contributed by atoms with Crippen LogP contribution >= 0.6 is 0 Å². The van der Waals surface area contributed by atoms with Crippen LogP contribution < -0.4 is 0 Å². The van der Waals surface area contributed by atoms with E-state index in [9.17, 15) is 5.26 Å². The number of nitriles is 1. The van der Waals surface area contributed by atoms with Gasteiger partial charge in [0.2, 0.25) is 0 Å². The van der Waals surface area contributed by atoms with Gasteiger partial charge in [-0.15, -0.1) is 0 Å².